The number of hydrogen-bond acceptors (Lipinski definition) is 7. The predicted molar refractivity (Wildman–Crippen MR) is 97.8 cm³/mol. The third-order valence-corrected chi connectivity index (χ3v) is 5.45. The Hall–Kier alpha value is -2.28. The van der Waals surface area contributed by atoms with Crippen molar-refractivity contribution in [1.82, 2.24) is 19.9 Å². The summed E-state index contributed by atoms with van der Waals surface area (Å²) in [7, 11) is 2.08. The zero-order valence-corrected chi connectivity index (χ0v) is 14.7. The lowest BCUT2D eigenvalue weighted by molar-refractivity contribution is 0.481. The highest BCUT2D eigenvalue weighted by molar-refractivity contribution is 7.17. The molecular formula is C17H20N6S. The fourth-order valence-electron chi connectivity index (χ4n) is 3.20. The van der Waals surface area contributed by atoms with Crippen LogP contribution in [-0.2, 0) is 0 Å². The van der Waals surface area contributed by atoms with Crippen molar-refractivity contribution in [3.05, 3.63) is 35.7 Å². The minimum atomic E-state index is 0.381. The Labute approximate surface area is 145 Å². The monoisotopic (exact) mass is 340 g/mol. The minimum Gasteiger partial charge on any atom is -0.353 e. The molecule has 0 amide bonds. The lowest BCUT2D eigenvalue weighted by Gasteiger charge is -2.38. The summed E-state index contributed by atoms with van der Waals surface area (Å²) in [4.78, 5) is 22.4. The Morgan fingerprint density at radius 2 is 2.04 bits per heavy atom. The average molecular weight is 340 g/mol. The van der Waals surface area contributed by atoms with E-state index in [0.29, 0.717) is 6.04 Å². The fraction of sp³-hybridized carbons (Fsp3) is 0.412. The molecule has 7 heteroatoms. The first-order valence-electron chi connectivity index (χ1n) is 8.17. The molecule has 3 aromatic heterocycles. The van der Waals surface area contributed by atoms with Gasteiger partial charge in [-0.25, -0.2) is 19.9 Å². The van der Waals surface area contributed by atoms with E-state index in [-0.39, 0.29) is 0 Å². The van der Waals surface area contributed by atoms with Crippen LogP contribution in [0.15, 0.2) is 30.2 Å². The molecule has 0 aromatic carbocycles. The third-order valence-electron chi connectivity index (χ3n) is 4.55. The molecule has 1 aliphatic heterocycles. The molecule has 0 N–H and O–H groups in total. The van der Waals surface area contributed by atoms with Crippen molar-refractivity contribution < 1.29 is 0 Å². The van der Waals surface area contributed by atoms with Crippen LogP contribution < -0.4 is 9.80 Å². The number of fused-ring (bicyclic) bond motifs is 1. The van der Waals surface area contributed by atoms with Crippen molar-refractivity contribution in [2.45, 2.75) is 25.8 Å². The smallest absolute Gasteiger partial charge is 0.225 e. The van der Waals surface area contributed by atoms with Gasteiger partial charge in [-0.3, -0.25) is 0 Å². The molecule has 6 nitrogen and oxygen atoms in total. The van der Waals surface area contributed by atoms with E-state index in [1.807, 2.05) is 19.3 Å². The highest BCUT2D eigenvalue weighted by Gasteiger charge is 2.26. The molecular weight excluding hydrogens is 320 g/mol. The average Bonchev–Trinajstić information content (AvgIpc) is 3.10. The number of aryl methyl sites for hydroxylation is 1. The molecule has 1 atom stereocenters. The molecule has 0 saturated carbocycles. The standard InChI is InChI=1S/C17H20N6S/c1-12-8-18-17(19-9-12)22(2)13-4-3-6-23(10-13)16-15-14(5-7-24-15)20-11-21-16/h5,7-9,11,13H,3-4,6,10H2,1-2H3. The van der Waals surface area contributed by atoms with E-state index in [0.717, 1.165) is 48.8 Å². The van der Waals surface area contributed by atoms with Gasteiger partial charge in [0.05, 0.1) is 10.2 Å². The first-order valence-corrected chi connectivity index (χ1v) is 9.05. The number of piperidine rings is 1. The Morgan fingerprint density at radius 3 is 2.88 bits per heavy atom. The van der Waals surface area contributed by atoms with Crippen molar-refractivity contribution in [3.8, 4) is 0 Å². The molecule has 3 aromatic rings. The summed E-state index contributed by atoms with van der Waals surface area (Å²) < 4.78 is 1.17. The van der Waals surface area contributed by atoms with Gasteiger partial charge in [0.2, 0.25) is 5.95 Å². The first-order chi connectivity index (χ1) is 11.7. The molecule has 1 saturated heterocycles. The molecule has 0 bridgehead atoms. The Bertz CT molecular complexity index is 830. The maximum Gasteiger partial charge on any atom is 0.225 e. The van der Waals surface area contributed by atoms with E-state index in [4.69, 9.17) is 0 Å². The summed E-state index contributed by atoms with van der Waals surface area (Å²) in [5, 5.41) is 2.08. The Kier molecular flexibility index (Phi) is 4.02. The molecule has 0 spiro atoms. The molecule has 0 aliphatic carbocycles. The Morgan fingerprint density at radius 1 is 1.21 bits per heavy atom. The zero-order chi connectivity index (χ0) is 16.5. The lowest BCUT2D eigenvalue weighted by atomic mass is 10.0. The van der Waals surface area contributed by atoms with Crippen molar-refractivity contribution in [2.75, 3.05) is 29.9 Å². The van der Waals surface area contributed by atoms with Gasteiger partial charge in [-0.05, 0) is 36.8 Å². The van der Waals surface area contributed by atoms with Gasteiger partial charge in [-0.1, -0.05) is 0 Å². The number of aromatic nitrogens is 4. The van der Waals surface area contributed by atoms with Gasteiger partial charge in [0.1, 0.15) is 12.1 Å². The van der Waals surface area contributed by atoms with Crippen LogP contribution in [0.5, 0.6) is 0 Å². The van der Waals surface area contributed by atoms with Crippen LogP contribution in [0.4, 0.5) is 11.8 Å². The van der Waals surface area contributed by atoms with Gasteiger partial charge in [-0.2, -0.15) is 0 Å². The quantitative estimate of drug-likeness (QED) is 0.731. The van der Waals surface area contributed by atoms with Crippen molar-refractivity contribution in [3.63, 3.8) is 0 Å². The molecule has 1 aliphatic rings. The normalized spacial score (nSPS) is 18.1. The van der Waals surface area contributed by atoms with Gasteiger partial charge >= 0.3 is 0 Å². The van der Waals surface area contributed by atoms with Crippen LogP contribution in [0.1, 0.15) is 18.4 Å². The van der Waals surface area contributed by atoms with Crippen molar-refractivity contribution in [1.29, 1.82) is 0 Å². The van der Waals surface area contributed by atoms with Crippen LogP contribution in [0.3, 0.4) is 0 Å². The van der Waals surface area contributed by atoms with Crippen LogP contribution in [0.2, 0.25) is 0 Å². The number of thiophene rings is 1. The first kappa shape index (κ1) is 15.3. The van der Waals surface area contributed by atoms with Gasteiger partial charge < -0.3 is 9.80 Å². The lowest BCUT2D eigenvalue weighted by Crippen LogP contribution is -2.47. The summed E-state index contributed by atoms with van der Waals surface area (Å²) in [6.07, 6.45) is 7.69. The third kappa shape index (κ3) is 2.80. The van der Waals surface area contributed by atoms with E-state index >= 15 is 0 Å². The molecule has 24 heavy (non-hydrogen) atoms. The van der Waals surface area contributed by atoms with E-state index < -0.39 is 0 Å². The van der Waals surface area contributed by atoms with E-state index in [9.17, 15) is 0 Å². The van der Waals surface area contributed by atoms with E-state index in [2.05, 4.69) is 48.2 Å². The molecule has 124 valence electrons. The minimum absolute atomic E-state index is 0.381. The summed E-state index contributed by atoms with van der Waals surface area (Å²) in [6.45, 7) is 3.97. The molecule has 4 heterocycles. The molecule has 1 unspecified atom stereocenters. The second kappa shape index (κ2) is 6.32. The largest absolute Gasteiger partial charge is 0.353 e. The molecule has 0 radical (unpaired) electrons. The second-order valence-electron chi connectivity index (χ2n) is 6.25. The maximum absolute atomic E-state index is 4.56. The Balaban J connectivity index is 1.57. The van der Waals surface area contributed by atoms with Gasteiger partial charge in [0.25, 0.3) is 0 Å². The zero-order valence-electron chi connectivity index (χ0n) is 13.9. The highest BCUT2D eigenvalue weighted by Crippen LogP contribution is 2.30. The summed E-state index contributed by atoms with van der Waals surface area (Å²) in [6, 6.07) is 2.44. The van der Waals surface area contributed by atoms with Gasteiger partial charge in [-0.15, -0.1) is 11.3 Å². The summed E-state index contributed by atoms with van der Waals surface area (Å²) in [5.41, 5.74) is 2.11. The number of rotatable bonds is 3. The number of likely N-dealkylation sites (N-methyl/N-ethyl adjacent to an activating group) is 1. The molecule has 4 rings (SSSR count). The number of nitrogens with zero attached hydrogens (tertiary/aromatic N) is 6. The molecule has 1 fully saturated rings. The maximum atomic E-state index is 4.56. The summed E-state index contributed by atoms with van der Waals surface area (Å²) in [5.74, 6) is 1.84. The van der Waals surface area contributed by atoms with E-state index in [1.165, 1.54) is 4.70 Å². The SMILES string of the molecule is Cc1cnc(N(C)C2CCCN(c3ncnc4ccsc34)C2)nc1. The van der Waals surface area contributed by atoms with Crippen molar-refractivity contribution >= 4 is 33.3 Å². The van der Waals surface area contributed by atoms with Crippen LogP contribution in [0, 0.1) is 6.92 Å². The van der Waals surface area contributed by atoms with Crippen LogP contribution in [-0.4, -0.2) is 46.1 Å². The predicted octanol–water partition coefficient (Wildman–Crippen LogP) is 2.89. The fourth-order valence-corrected chi connectivity index (χ4v) is 4.06. The van der Waals surface area contributed by atoms with Gasteiger partial charge in [0, 0.05) is 38.6 Å². The van der Waals surface area contributed by atoms with Crippen molar-refractivity contribution in [2.24, 2.45) is 0 Å². The second-order valence-corrected chi connectivity index (χ2v) is 7.16. The number of hydrogen-bond donors (Lipinski definition) is 0. The van der Waals surface area contributed by atoms with Crippen LogP contribution >= 0.6 is 11.3 Å². The highest BCUT2D eigenvalue weighted by atomic mass is 32.1. The number of anilines is 2. The van der Waals surface area contributed by atoms with Crippen LogP contribution in [0.25, 0.3) is 10.2 Å². The summed E-state index contributed by atoms with van der Waals surface area (Å²) >= 11 is 1.71. The topological polar surface area (TPSA) is 58.0 Å². The van der Waals surface area contributed by atoms with E-state index in [1.54, 1.807) is 17.7 Å². The van der Waals surface area contributed by atoms with Gasteiger partial charge in [0.15, 0.2) is 0 Å².